The maximum absolute atomic E-state index is 12.1. The van der Waals surface area contributed by atoms with Gasteiger partial charge in [-0.3, -0.25) is 4.79 Å². The van der Waals surface area contributed by atoms with E-state index in [9.17, 15) is 4.79 Å². The Labute approximate surface area is 117 Å². The fourth-order valence-corrected chi connectivity index (χ4v) is 3.79. The van der Waals surface area contributed by atoms with Crippen LogP contribution in [0, 0.1) is 17.8 Å². The smallest absolute Gasteiger partial charge is 0.225 e. The third-order valence-corrected chi connectivity index (χ3v) is 5.36. The minimum atomic E-state index is 0.390. The Morgan fingerprint density at radius 2 is 1.84 bits per heavy atom. The third kappa shape index (κ3) is 3.31. The van der Waals surface area contributed by atoms with Gasteiger partial charge in [0.25, 0.3) is 0 Å². The molecule has 0 aromatic rings. The minimum Gasteiger partial charge on any atom is -0.341 e. The zero-order chi connectivity index (χ0) is 13.2. The molecule has 2 aliphatic carbocycles. The second-order valence-electron chi connectivity index (χ2n) is 6.92. The van der Waals surface area contributed by atoms with Gasteiger partial charge in [-0.05, 0) is 44.1 Å². The summed E-state index contributed by atoms with van der Waals surface area (Å²) >= 11 is 0. The normalized spacial score (nSPS) is 33.4. The highest BCUT2D eigenvalue weighted by molar-refractivity contribution is 5.81. The summed E-state index contributed by atoms with van der Waals surface area (Å²) in [7, 11) is 0. The molecule has 1 aliphatic heterocycles. The van der Waals surface area contributed by atoms with E-state index in [-0.39, 0.29) is 0 Å². The van der Waals surface area contributed by atoms with Crippen molar-refractivity contribution in [1.82, 2.24) is 9.80 Å². The molecule has 0 radical (unpaired) electrons. The van der Waals surface area contributed by atoms with Crippen LogP contribution in [0.15, 0.2) is 0 Å². The van der Waals surface area contributed by atoms with Crippen molar-refractivity contribution >= 4 is 5.91 Å². The molecule has 3 nitrogen and oxygen atoms in total. The molecule has 0 spiro atoms. The first-order chi connectivity index (χ1) is 9.24. The molecule has 19 heavy (non-hydrogen) atoms. The molecular formula is C16H28N2O. The van der Waals surface area contributed by atoms with Gasteiger partial charge in [0.05, 0.1) is 0 Å². The van der Waals surface area contributed by atoms with Crippen LogP contribution in [0.2, 0.25) is 0 Å². The molecule has 3 aliphatic rings. The number of amides is 1. The average molecular weight is 264 g/mol. The fraction of sp³-hybridized carbons (Fsp3) is 0.938. The van der Waals surface area contributed by atoms with Crippen LogP contribution in [0.3, 0.4) is 0 Å². The first-order valence-corrected chi connectivity index (χ1v) is 8.25. The van der Waals surface area contributed by atoms with Crippen LogP contribution in [0.25, 0.3) is 0 Å². The second kappa shape index (κ2) is 5.82. The van der Waals surface area contributed by atoms with Gasteiger partial charge < -0.3 is 9.80 Å². The number of carbonyl (C=O) groups excluding carboxylic acids is 1. The third-order valence-electron chi connectivity index (χ3n) is 5.36. The summed E-state index contributed by atoms with van der Waals surface area (Å²) in [6, 6.07) is 0. The zero-order valence-electron chi connectivity index (χ0n) is 12.3. The number of nitrogens with zero attached hydrogens (tertiary/aromatic N) is 2. The summed E-state index contributed by atoms with van der Waals surface area (Å²) in [5.74, 6) is 2.65. The summed E-state index contributed by atoms with van der Waals surface area (Å²) < 4.78 is 0. The minimum absolute atomic E-state index is 0.390. The molecule has 0 N–H and O–H groups in total. The number of hydrogen-bond donors (Lipinski definition) is 0. The Kier molecular flexibility index (Phi) is 4.11. The maximum Gasteiger partial charge on any atom is 0.225 e. The largest absolute Gasteiger partial charge is 0.341 e. The van der Waals surface area contributed by atoms with E-state index in [1.807, 2.05) is 0 Å². The molecule has 0 aromatic heterocycles. The van der Waals surface area contributed by atoms with E-state index in [2.05, 4.69) is 16.7 Å². The van der Waals surface area contributed by atoms with E-state index in [1.54, 1.807) is 0 Å². The first-order valence-electron chi connectivity index (χ1n) is 8.25. The van der Waals surface area contributed by atoms with Crippen molar-refractivity contribution in [3.05, 3.63) is 0 Å². The van der Waals surface area contributed by atoms with Crippen molar-refractivity contribution in [1.29, 1.82) is 0 Å². The molecule has 2 atom stereocenters. The summed E-state index contributed by atoms with van der Waals surface area (Å²) in [5, 5.41) is 0. The van der Waals surface area contributed by atoms with Crippen LogP contribution in [-0.4, -0.2) is 48.4 Å². The lowest BCUT2D eigenvalue weighted by Crippen LogP contribution is -2.37. The summed E-state index contributed by atoms with van der Waals surface area (Å²) in [6.07, 6.45) is 7.70. The monoisotopic (exact) mass is 264 g/mol. The van der Waals surface area contributed by atoms with E-state index in [4.69, 9.17) is 0 Å². The van der Waals surface area contributed by atoms with Crippen molar-refractivity contribution in [2.75, 3.05) is 32.7 Å². The van der Waals surface area contributed by atoms with Gasteiger partial charge in [-0.2, -0.15) is 0 Å². The molecule has 2 unspecified atom stereocenters. The van der Waals surface area contributed by atoms with Gasteiger partial charge in [0.1, 0.15) is 0 Å². The number of rotatable bonds is 3. The van der Waals surface area contributed by atoms with Crippen LogP contribution < -0.4 is 0 Å². The average Bonchev–Trinajstić information content (AvgIpc) is 3.19. The van der Waals surface area contributed by atoms with E-state index in [0.29, 0.717) is 11.8 Å². The lowest BCUT2D eigenvalue weighted by molar-refractivity contribution is -0.132. The van der Waals surface area contributed by atoms with E-state index >= 15 is 0 Å². The SMILES string of the molecule is CC1CCCC1CN1CCCN(C(=O)C2CC2)CC1. The molecule has 3 rings (SSSR count). The highest BCUT2D eigenvalue weighted by atomic mass is 16.2. The van der Waals surface area contributed by atoms with Crippen LogP contribution in [0.4, 0.5) is 0 Å². The lowest BCUT2D eigenvalue weighted by atomic mass is 9.97. The molecule has 3 heteroatoms. The molecule has 1 amide bonds. The van der Waals surface area contributed by atoms with Crippen LogP contribution in [-0.2, 0) is 4.79 Å². The predicted molar refractivity (Wildman–Crippen MR) is 76.9 cm³/mol. The van der Waals surface area contributed by atoms with E-state index in [1.165, 1.54) is 38.8 Å². The van der Waals surface area contributed by atoms with Crippen molar-refractivity contribution in [2.45, 2.75) is 45.4 Å². The van der Waals surface area contributed by atoms with Crippen molar-refractivity contribution < 1.29 is 4.79 Å². The lowest BCUT2D eigenvalue weighted by Gasteiger charge is -2.26. The molecule has 0 bridgehead atoms. The Morgan fingerprint density at radius 3 is 2.53 bits per heavy atom. The van der Waals surface area contributed by atoms with Gasteiger partial charge in [-0.1, -0.05) is 19.8 Å². The topological polar surface area (TPSA) is 23.6 Å². The van der Waals surface area contributed by atoms with Crippen molar-refractivity contribution in [2.24, 2.45) is 17.8 Å². The quantitative estimate of drug-likeness (QED) is 0.781. The van der Waals surface area contributed by atoms with Gasteiger partial charge in [-0.25, -0.2) is 0 Å². The second-order valence-corrected chi connectivity index (χ2v) is 6.92. The molecular weight excluding hydrogens is 236 g/mol. The molecule has 2 saturated carbocycles. The van der Waals surface area contributed by atoms with Gasteiger partial charge in [0.2, 0.25) is 5.91 Å². The Hall–Kier alpha value is -0.570. The first kappa shape index (κ1) is 13.4. The maximum atomic E-state index is 12.1. The Balaban J connectivity index is 1.48. The summed E-state index contributed by atoms with van der Waals surface area (Å²) in [5.41, 5.74) is 0. The molecule has 1 saturated heterocycles. The van der Waals surface area contributed by atoms with Crippen LogP contribution in [0.5, 0.6) is 0 Å². The van der Waals surface area contributed by atoms with Gasteiger partial charge in [0.15, 0.2) is 0 Å². The van der Waals surface area contributed by atoms with Gasteiger partial charge in [-0.15, -0.1) is 0 Å². The zero-order valence-corrected chi connectivity index (χ0v) is 12.3. The van der Waals surface area contributed by atoms with Gasteiger partial charge in [0, 0.05) is 32.1 Å². The molecule has 108 valence electrons. The van der Waals surface area contributed by atoms with Gasteiger partial charge >= 0.3 is 0 Å². The van der Waals surface area contributed by atoms with E-state index < -0.39 is 0 Å². The van der Waals surface area contributed by atoms with Crippen molar-refractivity contribution in [3.8, 4) is 0 Å². The van der Waals surface area contributed by atoms with Crippen LogP contribution in [0.1, 0.15) is 45.4 Å². The molecule has 0 aromatic carbocycles. The fourth-order valence-electron chi connectivity index (χ4n) is 3.79. The number of carbonyl (C=O) groups is 1. The Bertz CT molecular complexity index is 327. The Morgan fingerprint density at radius 1 is 1.00 bits per heavy atom. The summed E-state index contributed by atoms with van der Waals surface area (Å²) in [6.45, 7) is 7.94. The predicted octanol–water partition coefficient (Wildman–Crippen LogP) is 2.37. The van der Waals surface area contributed by atoms with Crippen molar-refractivity contribution in [3.63, 3.8) is 0 Å². The van der Waals surface area contributed by atoms with Crippen LogP contribution >= 0.6 is 0 Å². The van der Waals surface area contributed by atoms with E-state index in [0.717, 1.165) is 44.3 Å². The highest BCUT2D eigenvalue weighted by Gasteiger charge is 2.34. The standard InChI is InChI=1S/C16H28N2O/c1-13-4-2-5-15(13)12-17-8-3-9-18(11-10-17)16(19)14-6-7-14/h13-15H,2-12H2,1H3. The molecule has 1 heterocycles. The number of hydrogen-bond acceptors (Lipinski definition) is 2. The molecule has 3 fully saturated rings. The highest BCUT2D eigenvalue weighted by Crippen LogP contribution is 2.33. The summed E-state index contributed by atoms with van der Waals surface area (Å²) in [4.78, 5) is 16.9.